The molecule has 0 aliphatic heterocycles. The highest BCUT2D eigenvalue weighted by atomic mass is 127. The summed E-state index contributed by atoms with van der Waals surface area (Å²) in [6.07, 6.45) is 2.14. The number of nitrogens with zero attached hydrogens (tertiary/aromatic N) is 4. The minimum Gasteiger partial charge on any atom is -0.359 e. The maximum atomic E-state index is 5.46. The number of thiazole rings is 1. The molecular weight excluding hydrogens is 475 g/mol. The van der Waals surface area contributed by atoms with Crippen LogP contribution in [-0.4, -0.2) is 36.7 Å². The molecule has 2 rings (SSSR count). The first kappa shape index (κ1) is 23.7. The van der Waals surface area contributed by atoms with Crippen LogP contribution in [-0.2, 0) is 13.1 Å². The molecule has 0 atom stereocenters. The highest BCUT2D eigenvalue weighted by molar-refractivity contribution is 14.0. The Hall–Kier alpha value is -1.36. The summed E-state index contributed by atoms with van der Waals surface area (Å²) in [5, 5.41) is 13.8. The van der Waals surface area contributed by atoms with Gasteiger partial charge < -0.3 is 20.1 Å². The van der Waals surface area contributed by atoms with Gasteiger partial charge in [-0.2, -0.15) is 0 Å². The van der Waals surface area contributed by atoms with Crippen molar-refractivity contribution in [1.29, 1.82) is 0 Å². The van der Waals surface area contributed by atoms with E-state index < -0.39 is 0 Å². The van der Waals surface area contributed by atoms with Gasteiger partial charge in [-0.3, -0.25) is 0 Å². The third kappa shape index (κ3) is 7.28. The van der Waals surface area contributed by atoms with Gasteiger partial charge in [-0.05, 0) is 19.8 Å². The molecule has 0 aliphatic rings. The molecule has 0 spiro atoms. The molecule has 0 aliphatic carbocycles. The van der Waals surface area contributed by atoms with Crippen LogP contribution < -0.4 is 15.5 Å². The van der Waals surface area contributed by atoms with Gasteiger partial charge in [-0.25, -0.2) is 9.98 Å². The Kier molecular flexibility index (Phi) is 10.7. The van der Waals surface area contributed by atoms with Crippen LogP contribution in [0.5, 0.6) is 0 Å². The van der Waals surface area contributed by atoms with E-state index in [0.29, 0.717) is 19.0 Å². The van der Waals surface area contributed by atoms with E-state index in [2.05, 4.69) is 39.6 Å². The van der Waals surface area contributed by atoms with Gasteiger partial charge in [0.25, 0.3) is 0 Å². The van der Waals surface area contributed by atoms with Gasteiger partial charge in [-0.15, -0.1) is 35.3 Å². The predicted molar refractivity (Wildman–Crippen MR) is 123 cm³/mol. The smallest absolute Gasteiger partial charge is 0.192 e. The molecule has 0 amide bonds. The molecule has 27 heavy (non-hydrogen) atoms. The monoisotopic (exact) mass is 506 g/mol. The molecule has 2 aromatic heterocycles. The van der Waals surface area contributed by atoms with Crippen molar-refractivity contribution >= 4 is 46.4 Å². The lowest BCUT2D eigenvalue weighted by Gasteiger charge is -2.09. The second-order valence-electron chi connectivity index (χ2n) is 6.30. The molecule has 0 unspecified atom stereocenters. The Bertz CT molecular complexity index is 696. The molecule has 0 bridgehead atoms. The Morgan fingerprint density at radius 2 is 2.00 bits per heavy atom. The first-order valence-electron chi connectivity index (χ1n) is 9.16. The first-order chi connectivity index (χ1) is 12.6. The second-order valence-corrected chi connectivity index (χ2v) is 7.13. The molecule has 0 aromatic carbocycles. The molecule has 152 valence electrons. The lowest BCUT2D eigenvalue weighted by Crippen LogP contribution is -2.36. The Labute approximate surface area is 183 Å². The fourth-order valence-electron chi connectivity index (χ4n) is 2.56. The maximum Gasteiger partial charge on any atom is 0.192 e. The summed E-state index contributed by atoms with van der Waals surface area (Å²) in [6.45, 7) is 8.28. The number of nitrogens with one attached hydrogen (secondary N) is 2. The fourth-order valence-corrected chi connectivity index (χ4v) is 3.31. The number of guanidine groups is 1. The summed E-state index contributed by atoms with van der Waals surface area (Å²) >= 11 is 1.62. The molecule has 2 heterocycles. The minimum absolute atomic E-state index is 0. The second kappa shape index (κ2) is 12.2. The van der Waals surface area contributed by atoms with E-state index in [1.807, 2.05) is 37.4 Å². The van der Waals surface area contributed by atoms with Crippen LogP contribution >= 0.6 is 35.3 Å². The number of halogens is 1. The van der Waals surface area contributed by atoms with Gasteiger partial charge in [0, 0.05) is 38.0 Å². The van der Waals surface area contributed by atoms with Gasteiger partial charge >= 0.3 is 0 Å². The SMILES string of the molecule is CCNC(=NCc1csc(N(C)C)n1)NCc1cc(C(CC)CC)no1.I. The normalized spacial score (nSPS) is 11.4. The summed E-state index contributed by atoms with van der Waals surface area (Å²) in [4.78, 5) is 11.2. The van der Waals surface area contributed by atoms with Crippen LogP contribution in [0.15, 0.2) is 21.0 Å². The summed E-state index contributed by atoms with van der Waals surface area (Å²) in [5.41, 5.74) is 2.00. The first-order valence-corrected chi connectivity index (χ1v) is 10.0. The Balaban J connectivity index is 0.00000364. The van der Waals surface area contributed by atoms with Crippen LogP contribution in [0.2, 0.25) is 0 Å². The lowest BCUT2D eigenvalue weighted by molar-refractivity contribution is 0.368. The van der Waals surface area contributed by atoms with Crippen molar-refractivity contribution in [2.75, 3.05) is 25.5 Å². The quantitative estimate of drug-likeness (QED) is 0.305. The van der Waals surface area contributed by atoms with Crippen LogP contribution in [0.4, 0.5) is 5.13 Å². The fraction of sp³-hybridized carbons (Fsp3) is 0.611. The summed E-state index contributed by atoms with van der Waals surface area (Å²) in [5.74, 6) is 2.03. The average Bonchev–Trinajstić information content (AvgIpc) is 3.28. The van der Waals surface area contributed by atoms with E-state index in [1.165, 1.54) is 0 Å². The molecule has 0 saturated carbocycles. The van der Waals surface area contributed by atoms with Crippen LogP contribution in [0.25, 0.3) is 0 Å². The van der Waals surface area contributed by atoms with Gasteiger partial charge in [0.1, 0.15) is 0 Å². The molecule has 7 nitrogen and oxygen atoms in total. The largest absolute Gasteiger partial charge is 0.359 e. The number of hydrogen-bond acceptors (Lipinski definition) is 6. The van der Waals surface area contributed by atoms with E-state index in [1.54, 1.807) is 11.3 Å². The van der Waals surface area contributed by atoms with E-state index in [9.17, 15) is 0 Å². The van der Waals surface area contributed by atoms with E-state index in [4.69, 9.17) is 4.52 Å². The van der Waals surface area contributed by atoms with Crippen molar-refractivity contribution in [2.45, 2.75) is 52.6 Å². The third-order valence-corrected chi connectivity index (χ3v) is 5.13. The molecule has 0 radical (unpaired) electrons. The van der Waals surface area contributed by atoms with Gasteiger partial charge in [0.15, 0.2) is 16.9 Å². The van der Waals surface area contributed by atoms with Gasteiger partial charge in [0.05, 0.1) is 24.5 Å². The minimum atomic E-state index is 0. The van der Waals surface area contributed by atoms with Crippen molar-refractivity contribution in [3.05, 3.63) is 28.6 Å². The highest BCUT2D eigenvalue weighted by Gasteiger charge is 2.13. The standard InChI is InChI=1S/C18H30N6OS.HI/c1-6-13(7-2)16-9-15(25-23-16)11-21-17(19-8-3)20-10-14-12-26-18(22-14)24(4)5;/h9,12-13H,6-8,10-11H2,1-5H3,(H2,19,20,21);1H. The van der Waals surface area contributed by atoms with E-state index in [0.717, 1.165) is 47.6 Å². The molecule has 2 aromatic rings. The van der Waals surface area contributed by atoms with Crippen LogP contribution in [0, 0.1) is 0 Å². The van der Waals surface area contributed by atoms with Crippen LogP contribution in [0.3, 0.4) is 0 Å². The average molecular weight is 506 g/mol. The number of aliphatic imine (C=N–C) groups is 1. The highest BCUT2D eigenvalue weighted by Crippen LogP contribution is 2.22. The molecule has 9 heteroatoms. The zero-order valence-electron chi connectivity index (χ0n) is 16.8. The number of anilines is 1. The van der Waals surface area contributed by atoms with Crippen molar-refractivity contribution in [3.8, 4) is 0 Å². The summed E-state index contributed by atoms with van der Waals surface area (Å²) < 4.78 is 5.46. The Morgan fingerprint density at radius 3 is 2.59 bits per heavy atom. The Morgan fingerprint density at radius 1 is 1.26 bits per heavy atom. The molecule has 0 saturated heterocycles. The summed E-state index contributed by atoms with van der Waals surface area (Å²) in [6, 6.07) is 2.04. The van der Waals surface area contributed by atoms with Crippen LogP contribution in [0.1, 0.15) is 56.7 Å². The van der Waals surface area contributed by atoms with E-state index in [-0.39, 0.29) is 24.0 Å². The van der Waals surface area contributed by atoms with Crippen molar-refractivity contribution < 1.29 is 4.52 Å². The zero-order chi connectivity index (χ0) is 18.9. The zero-order valence-corrected chi connectivity index (χ0v) is 19.9. The van der Waals surface area contributed by atoms with Crippen molar-refractivity contribution in [3.63, 3.8) is 0 Å². The van der Waals surface area contributed by atoms with Gasteiger partial charge in [-0.1, -0.05) is 19.0 Å². The summed E-state index contributed by atoms with van der Waals surface area (Å²) in [7, 11) is 3.98. The number of hydrogen-bond donors (Lipinski definition) is 2. The third-order valence-electron chi connectivity index (χ3n) is 4.08. The molecule has 0 fully saturated rings. The number of rotatable bonds is 9. The van der Waals surface area contributed by atoms with Crippen molar-refractivity contribution in [1.82, 2.24) is 20.8 Å². The van der Waals surface area contributed by atoms with E-state index >= 15 is 0 Å². The van der Waals surface area contributed by atoms with Crippen molar-refractivity contribution in [2.24, 2.45) is 4.99 Å². The predicted octanol–water partition coefficient (Wildman–Crippen LogP) is 3.97. The topological polar surface area (TPSA) is 78.6 Å². The maximum absolute atomic E-state index is 5.46. The lowest BCUT2D eigenvalue weighted by atomic mass is 9.99. The molecular formula is C18H31IN6OS. The van der Waals surface area contributed by atoms with Gasteiger partial charge in [0.2, 0.25) is 0 Å². The molecule has 2 N–H and O–H groups in total. The number of aromatic nitrogens is 2.